The van der Waals surface area contributed by atoms with Crippen LogP contribution in [0.2, 0.25) is 0 Å². The number of aryl methyl sites for hydroxylation is 2. The van der Waals surface area contributed by atoms with Gasteiger partial charge in [0.05, 0.1) is 18.0 Å². The van der Waals surface area contributed by atoms with E-state index in [0.717, 1.165) is 16.7 Å². The predicted molar refractivity (Wildman–Crippen MR) is 89.6 cm³/mol. The molecule has 126 valence electrons. The van der Waals surface area contributed by atoms with Gasteiger partial charge in [-0.25, -0.2) is 0 Å². The number of nitro groups is 1. The minimum atomic E-state index is -0.956. The third-order valence-corrected chi connectivity index (χ3v) is 3.99. The van der Waals surface area contributed by atoms with Crippen LogP contribution in [0.15, 0.2) is 36.4 Å². The number of ether oxygens (including phenoxy) is 1. The van der Waals surface area contributed by atoms with Crippen LogP contribution < -0.4 is 4.74 Å². The summed E-state index contributed by atoms with van der Waals surface area (Å²) >= 11 is 0. The molecule has 6 nitrogen and oxygen atoms in total. The fraction of sp³-hybridized carbons (Fsp3) is 0.278. The quantitative estimate of drug-likeness (QED) is 0.645. The van der Waals surface area contributed by atoms with Gasteiger partial charge in [-0.1, -0.05) is 29.8 Å². The number of carbonyl (C=O) groups is 1. The molecule has 1 atom stereocenters. The van der Waals surface area contributed by atoms with Gasteiger partial charge in [0.25, 0.3) is 0 Å². The Kier molecular flexibility index (Phi) is 5.18. The number of aliphatic carboxylic acids is 1. The molecule has 0 radical (unpaired) electrons. The van der Waals surface area contributed by atoms with E-state index in [2.05, 4.69) is 0 Å². The highest BCUT2D eigenvalue weighted by Crippen LogP contribution is 2.31. The molecule has 1 N–H and O–H groups in total. The van der Waals surface area contributed by atoms with Crippen molar-refractivity contribution in [2.75, 3.05) is 7.11 Å². The Morgan fingerprint density at radius 3 is 2.54 bits per heavy atom. The van der Waals surface area contributed by atoms with Crippen molar-refractivity contribution in [3.8, 4) is 5.75 Å². The maximum absolute atomic E-state index is 11.8. The van der Waals surface area contributed by atoms with Gasteiger partial charge < -0.3 is 9.84 Å². The fourth-order valence-corrected chi connectivity index (χ4v) is 2.71. The summed E-state index contributed by atoms with van der Waals surface area (Å²) in [6.45, 7) is 3.77. The van der Waals surface area contributed by atoms with Crippen LogP contribution in [0.1, 0.15) is 28.2 Å². The first-order valence-corrected chi connectivity index (χ1v) is 7.44. The lowest BCUT2D eigenvalue weighted by Crippen LogP contribution is -2.16. The van der Waals surface area contributed by atoms with Gasteiger partial charge >= 0.3 is 11.7 Å². The van der Waals surface area contributed by atoms with Crippen LogP contribution in [0.4, 0.5) is 5.69 Å². The second-order valence-corrected chi connectivity index (χ2v) is 5.72. The smallest absolute Gasteiger partial charge is 0.311 e. The SMILES string of the molecule is COc1ccc(CC(C(=O)O)c2cc(C)ccc2C)cc1[N+](=O)[O-]. The molecule has 2 aromatic carbocycles. The summed E-state index contributed by atoms with van der Waals surface area (Å²) in [5, 5.41) is 20.8. The lowest BCUT2D eigenvalue weighted by atomic mass is 9.88. The second kappa shape index (κ2) is 7.12. The Hall–Kier alpha value is -2.89. The van der Waals surface area contributed by atoms with E-state index in [-0.39, 0.29) is 17.9 Å². The molecule has 0 spiro atoms. The Morgan fingerprint density at radius 2 is 1.96 bits per heavy atom. The summed E-state index contributed by atoms with van der Waals surface area (Å²) < 4.78 is 4.98. The second-order valence-electron chi connectivity index (χ2n) is 5.72. The van der Waals surface area contributed by atoms with Crippen molar-refractivity contribution in [3.05, 3.63) is 68.8 Å². The summed E-state index contributed by atoms with van der Waals surface area (Å²) in [5.41, 5.74) is 3.00. The van der Waals surface area contributed by atoms with Crippen LogP contribution in [-0.2, 0) is 11.2 Å². The number of nitro benzene ring substituents is 1. The van der Waals surface area contributed by atoms with E-state index >= 15 is 0 Å². The molecular weight excluding hydrogens is 310 g/mol. The maximum atomic E-state index is 11.8. The van der Waals surface area contributed by atoms with Crippen molar-refractivity contribution in [1.82, 2.24) is 0 Å². The van der Waals surface area contributed by atoms with E-state index in [9.17, 15) is 20.0 Å². The topological polar surface area (TPSA) is 89.7 Å². The number of benzene rings is 2. The zero-order chi connectivity index (χ0) is 17.9. The molecule has 0 aromatic heterocycles. The fourth-order valence-electron chi connectivity index (χ4n) is 2.71. The molecule has 6 heteroatoms. The zero-order valence-electron chi connectivity index (χ0n) is 13.8. The molecule has 0 heterocycles. The van der Waals surface area contributed by atoms with Crippen molar-refractivity contribution >= 4 is 11.7 Å². The highest BCUT2D eigenvalue weighted by atomic mass is 16.6. The minimum absolute atomic E-state index is 0.155. The highest BCUT2D eigenvalue weighted by molar-refractivity contribution is 5.77. The maximum Gasteiger partial charge on any atom is 0.311 e. The number of carboxylic acids is 1. The summed E-state index contributed by atoms with van der Waals surface area (Å²) in [4.78, 5) is 22.3. The van der Waals surface area contributed by atoms with Gasteiger partial charge in [-0.2, -0.15) is 0 Å². The molecule has 0 aliphatic heterocycles. The first-order chi connectivity index (χ1) is 11.3. The third kappa shape index (κ3) is 3.71. The van der Waals surface area contributed by atoms with Crippen molar-refractivity contribution in [1.29, 1.82) is 0 Å². The van der Waals surface area contributed by atoms with Gasteiger partial charge in [0.2, 0.25) is 0 Å². The molecular formula is C18H19NO5. The number of carboxylic acid groups (broad SMARTS) is 1. The molecule has 0 bridgehead atoms. The zero-order valence-corrected chi connectivity index (χ0v) is 13.8. The lowest BCUT2D eigenvalue weighted by Gasteiger charge is -2.16. The molecule has 2 rings (SSSR count). The van der Waals surface area contributed by atoms with Gasteiger partial charge in [0.15, 0.2) is 5.75 Å². The summed E-state index contributed by atoms with van der Waals surface area (Å²) in [7, 11) is 1.36. The summed E-state index contributed by atoms with van der Waals surface area (Å²) in [6.07, 6.45) is 0.171. The van der Waals surface area contributed by atoms with Gasteiger partial charge in [-0.3, -0.25) is 14.9 Å². The Labute approximate surface area is 139 Å². The van der Waals surface area contributed by atoms with Gasteiger partial charge in [0.1, 0.15) is 0 Å². The number of hydrogen-bond donors (Lipinski definition) is 1. The first-order valence-electron chi connectivity index (χ1n) is 7.44. The van der Waals surface area contributed by atoms with Gasteiger partial charge in [0, 0.05) is 6.07 Å². The summed E-state index contributed by atoms with van der Waals surface area (Å²) in [6, 6.07) is 10.2. The van der Waals surface area contributed by atoms with Crippen molar-refractivity contribution in [3.63, 3.8) is 0 Å². The number of methoxy groups -OCH3 is 1. The largest absolute Gasteiger partial charge is 0.490 e. The Morgan fingerprint density at radius 1 is 1.25 bits per heavy atom. The van der Waals surface area contributed by atoms with E-state index in [1.54, 1.807) is 6.07 Å². The van der Waals surface area contributed by atoms with E-state index in [4.69, 9.17) is 4.74 Å². The summed E-state index contributed by atoms with van der Waals surface area (Å²) in [5.74, 6) is -1.57. The van der Waals surface area contributed by atoms with Crippen molar-refractivity contribution in [2.24, 2.45) is 0 Å². The molecule has 2 aromatic rings. The minimum Gasteiger partial charge on any atom is -0.490 e. The predicted octanol–water partition coefficient (Wildman–Crippen LogP) is 3.63. The molecule has 0 amide bonds. The lowest BCUT2D eigenvalue weighted by molar-refractivity contribution is -0.385. The molecule has 0 aliphatic rings. The van der Waals surface area contributed by atoms with E-state index < -0.39 is 16.8 Å². The first kappa shape index (κ1) is 17.5. The molecule has 0 aliphatic carbocycles. The molecule has 0 saturated heterocycles. The van der Waals surface area contributed by atoms with Gasteiger partial charge in [-0.05, 0) is 43.0 Å². The van der Waals surface area contributed by atoms with Crippen LogP contribution in [0.3, 0.4) is 0 Å². The Balaban J connectivity index is 2.42. The van der Waals surface area contributed by atoms with Crippen LogP contribution in [0.5, 0.6) is 5.75 Å². The van der Waals surface area contributed by atoms with Crippen LogP contribution in [0.25, 0.3) is 0 Å². The van der Waals surface area contributed by atoms with E-state index in [1.165, 1.54) is 19.2 Å². The van der Waals surface area contributed by atoms with Crippen molar-refractivity contribution < 1.29 is 19.6 Å². The molecule has 0 fully saturated rings. The monoisotopic (exact) mass is 329 g/mol. The standard InChI is InChI=1S/C18H19NO5/c1-11-4-5-12(2)14(8-11)15(18(20)21)9-13-6-7-17(24-3)16(10-13)19(22)23/h4-8,10,15H,9H2,1-3H3,(H,20,21). The van der Waals surface area contributed by atoms with Crippen LogP contribution >= 0.6 is 0 Å². The number of nitrogens with zero attached hydrogens (tertiary/aromatic N) is 1. The molecule has 0 saturated carbocycles. The number of hydrogen-bond acceptors (Lipinski definition) is 4. The average Bonchev–Trinajstić information content (AvgIpc) is 2.54. The molecule has 1 unspecified atom stereocenters. The van der Waals surface area contributed by atoms with Crippen molar-refractivity contribution in [2.45, 2.75) is 26.2 Å². The van der Waals surface area contributed by atoms with E-state index in [1.807, 2.05) is 32.0 Å². The van der Waals surface area contributed by atoms with Crippen LogP contribution in [0, 0.1) is 24.0 Å². The number of rotatable bonds is 6. The van der Waals surface area contributed by atoms with Crippen LogP contribution in [-0.4, -0.2) is 23.1 Å². The third-order valence-electron chi connectivity index (χ3n) is 3.99. The normalized spacial score (nSPS) is 11.8. The average molecular weight is 329 g/mol. The Bertz CT molecular complexity index is 785. The van der Waals surface area contributed by atoms with E-state index in [0.29, 0.717) is 5.56 Å². The van der Waals surface area contributed by atoms with Gasteiger partial charge in [-0.15, -0.1) is 0 Å². The highest BCUT2D eigenvalue weighted by Gasteiger charge is 2.24. The molecule has 24 heavy (non-hydrogen) atoms.